The van der Waals surface area contributed by atoms with Crippen LogP contribution in [0.5, 0.6) is 0 Å². The Bertz CT molecular complexity index is 1190. The summed E-state index contributed by atoms with van der Waals surface area (Å²) < 4.78 is 20.4. The predicted molar refractivity (Wildman–Crippen MR) is 120 cm³/mol. The number of ether oxygens (including phenoxy) is 1. The summed E-state index contributed by atoms with van der Waals surface area (Å²) in [5.74, 6) is -0.700. The van der Waals surface area contributed by atoms with E-state index in [1.807, 2.05) is 26.0 Å². The van der Waals surface area contributed by atoms with Gasteiger partial charge in [0, 0.05) is 18.0 Å². The number of carbonyl (C=O) groups is 2. The molecule has 2 N–H and O–H groups in total. The lowest BCUT2D eigenvalue weighted by atomic mass is 9.92. The number of rotatable bonds is 5. The first-order valence-electron chi connectivity index (χ1n) is 11.4. The lowest BCUT2D eigenvalue weighted by Crippen LogP contribution is -2.50. The molecule has 6 nitrogen and oxygen atoms in total. The van der Waals surface area contributed by atoms with Gasteiger partial charge in [-0.3, -0.25) is 4.79 Å². The van der Waals surface area contributed by atoms with E-state index in [0.717, 1.165) is 24.8 Å². The Balaban J connectivity index is 1.30. The Kier molecular flexibility index (Phi) is 5.21. The first kappa shape index (κ1) is 21.6. The van der Waals surface area contributed by atoms with Crippen LogP contribution in [0.1, 0.15) is 54.6 Å². The van der Waals surface area contributed by atoms with E-state index in [-0.39, 0.29) is 24.3 Å². The zero-order valence-electron chi connectivity index (χ0n) is 18.7. The summed E-state index contributed by atoms with van der Waals surface area (Å²) in [6, 6.07) is 11.6. The molecule has 2 aromatic carbocycles. The number of hydrogen-bond acceptors (Lipinski definition) is 5. The highest BCUT2D eigenvalue weighted by Gasteiger charge is 2.43. The van der Waals surface area contributed by atoms with Crippen molar-refractivity contribution in [1.29, 1.82) is 5.26 Å². The highest BCUT2D eigenvalue weighted by molar-refractivity contribution is 5.96. The number of hydrogen-bond donors (Lipinski definition) is 2. The van der Waals surface area contributed by atoms with Gasteiger partial charge in [-0.05, 0) is 67.9 Å². The summed E-state index contributed by atoms with van der Waals surface area (Å²) in [5, 5.41) is 15.6. The van der Waals surface area contributed by atoms with Crippen LogP contribution in [0, 0.1) is 23.1 Å². The van der Waals surface area contributed by atoms with E-state index in [4.69, 9.17) is 4.74 Å². The summed E-state index contributed by atoms with van der Waals surface area (Å²) in [6.07, 6.45) is 3.21. The summed E-state index contributed by atoms with van der Waals surface area (Å²) in [7, 11) is 0. The van der Waals surface area contributed by atoms with E-state index in [9.17, 15) is 19.2 Å². The fourth-order valence-corrected chi connectivity index (χ4v) is 5.41. The van der Waals surface area contributed by atoms with Crippen LogP contribution in [-0.4, -0.2) is 30.0 Å². The number of nitrogens with one attached hydrogen (secondary N) is 2. The molecule has 0 radical (unpaired) electrons. The van der Waals surface area contributed by atoms with Gasteiger partial charge < -0.3 is 15.4 Å². The van der Waals surface area contributed by atoms with Crippen molar-refractivity contribution in [2.45, 2.75) is 63.3 Å². The highest BCUT2D eigenvalue weighted by atomic mass is 19.1. The van der Waals surface area contributed by atoms with Crippen LogP contribution < -0.4 is 10.6 Å². The number of nitriles is 1. The van der Waals surface area contributed by atoms with Gasteiger partial charge in [-0.15, -0.1) is 0 Å². The lowest BCUT2D eigenvalue weighted by molar-refractivity contribution is -0.124. The summed E-state index contributed by atoms with van der Waals surface area (Å²) in [6.45, 7) is 3.67. The Morgan fingerprint density at radius 1 is 1.27 bits per heavy atom. The number of carbonyl (C=O) groups excluding carboxylic acids is 2. The number of fused-ring (bicyclic) bond motifs is 3. The molecule has 2 aromatic rings. The van der Waals surface area contributed by atoms with Crippen molar-refractivity contribution < 1.29 is 18.7 Å². The second-order valence-corrected chi connectivity index (χ2v) is 9.78. The molecule has 33 heavy (non-hydrogen) atoms. The fourth-order valence-electron chi connectivity index (χ4n) is 5.41. The molecule has 0 aromatic heterocycles. The van der Waals surface area contributed by atoms with Crippen molar-refractivity contribution in [2.75, 3.05) is 0 Å². The monoisotopic (exact) mass is 447 g/mol. The van der Waals surface area contributed by atoms with Gasteiger partial charge in [0.15, 0.2) is 0 Å². The van der Waals surface area contributed by atoms with Gasteiger partial charge in [-0.25, -0.2) is 9.18 Å². The molecule has 2 heterocycles. The first-order valence-corrected chi connectivity index (χ1v) is 11.4. The molecule has 1 amide bonds. The average molecular weight is 448 g/mol. The zero-order valence-corrected chi connectivity index (χ0v) is 18.7. The maximum atomic E-state index is 14.9. The minimum absolute atomic E-state index is 0.0832. The van der Waals surface area contributed by atoms with Crippen LogP contribution in [0.25, 0.3) is 11.1 Å². The van der Waals surface area contributed by atoms with Crippen molar-refractivity contribution in [3.63, 3.8) is 0 Å². The normalized spacial score (nSPS) is 25.3. The lowest BCUT2D eigenvalue weighted by Gasteiger charge is -2.23. The molecule has 2 fully saturated rings. The third-order valence-electron chi connectivity index (χ3n) is 7.16. The number of nitrogens with zero attached hydrogens (tertiary/aromatic N) is 1. The van der Waals surface area contributed by atoms with E-state index in [0.29, 0.717) is 34.2 Å². The van der Waals surface area contributed by atoms with Gasteiger partial charge in [0.05, 0.1) is 17.7 Å². The van der Waals surface area contributed by atoms with Crippen molar-refractivity contribution >= 4 is 11.9 Å². The van der Waals surface area contributed by atoms with Crippen LogP contribution >= 0.6 is 0 Å². The van der Waals surface area contributed by atoms with Crippen LogP contribution in [0.3, 0.4) is 0 Å². The Labute approximate surface area is 192 Å². The van der Waals surface area contributed by atoms with Crippen molar-refractivity contribution in [3.05, 3.63) is 58.9 Å². The van der Waals surface area contributed by atoms with E-state index in [1.54, 1.807) is 18.2 Å². The Hall–Kier alpha value is -3.24. The maximum Gasteiger partial charge on any atom is 0.339 e. The summed E-state index contributed by atoms with van der Waals surface area (Å²) in [4.78, 5) is 24.8. The molecule has 5 rings (SSSR count). The predicted octanol–water partition coefficient (Wildman–Crippen LogP) is 3.59. The third kappa shape index (κ3) is 3.89. The molecular formula is C26H26FN3O3. The van der Waals surface area contributed by atoms with Crippen LogP contribution in [0.15, 0.2) is 36.4 Å². The quantitative estimate of drug-likeness (QED) is 0.684. The van der Waals surface area contributed by atoms with Crippen molar-refractivity contribution in [1.82, 2.24) is 10.6 Å². The zero-order chi connectivity index (χ0) is 23.3. The molecule has 4 atom stereocenters. The molecular weight excluding hydrogens is 421 g/mol. The summed E-state index contributed by atoms with van der Waals surface area (Å²) >= 11 is 0. The average Bonchev–Trinajstić information content (AvgIpc) is 3.48. The van der Waals surface area contributed by atoms with Gasteiger partial charge >= 0.3 is 5.97 Å². The molecule has 7 heteroatoms. The molecule has 170 valence electrons. The maximum absolute atomic E-state index is 14.9. The molecule has 2 bridgehead atoms. The minimum atomic E-state index is -0.809. The largest absolute Gasteiger partial charge is 0.451 e. The number of benzene rings is 2. The highest BCUT2D eigenvalue weighted by Crippen LogP contribution is 2.38. The fraction of sp³-hybridized carbons (Fsp3) is 0.423. The van der Waals surface area contributed by atoms with Crippen molar-refractivity contribution in [3.8, 4) is 17.2 Å². The molecule has 1 saturated carbocycles. The Morgan fingerprint density at radius 3 is 2.70 bits per heavy atom. The van der Waals surface area contributed by atoms with Gasteiger partial charge in [0.1, 0.15) is 17.5 Å². The van der Waals surface area contributed by atoms with Gasteiger partial charge in [-0.2, -0.15) is 5.26 Å². The first-order chi connectivity index (χ1) is 15.7. The Morgan fingerprint density at radius 2 is 2.03 bits per heavy atom. The number of cyclic esters (lactones) is 1. The number of esters is 1. The van der Waals surface area contributed by atoms with Crippen molar-refractivity contribution in [2.24, 2.45) is 5.92 Å². The number of amides is 1. The van der Waals surface area contributed by atoms with Gasteiger partial charge in [0.2, 0.25) is 5.91 Å². The molecule has 0 unspecified atom stereocenters. The standard InChI is InChI=1S/C26H26FN3O3/c1-26(2)21-8-6-14(11-20(21)25(32)33-26)15-3-4-16(22(27)12-15)9-19(13-28)30-24(31)23-17-5-7-18(10-17)29-23/h3-4,6,8,11-12,17-19,23,29H,5,7,9-10H2,1-2H3,(H,30,31)/t17-,18+,19-,23-/m0/s1. The molecule has 2 aliphatic heterocycles. The number of halogens is 1. The minimum Gasteiger partial charge on any atom is -0.451 e. The van der Waals surface area contributed by atoms with Gasteiger partial charge in [-0.1, -0.05) is 24.3 Å². The third-order valence-corrected chi connectivity index (χ3v) is 7.16. The second kappa shape index (κ2) is 7.96. The number of piperidine rings is 1. The molecule has 0 spiro atoms. The smallest absolute Gasteiger partial charge is 0.339 e. The van der Waals surface area contributed by atoms with E-state index in [2.05, 4.69) is 16.7 Å². The van der Waals surface area contributed by atoms with Crippen LogP contribution in [0.2, 0.25) is 0 Å². The van der Waals surface area contributed by atoms with E-state index >= 15 is 0 Å². The summed E-state index contributed by atoms with van der Waals surface area (Å²) in [5.41, 5.74) is 2.31. The molecule has 1 aliphatic carbocycles. The van der Waals surface area contributed by atoms with Gasteiger partial charge in [0.25, 0.3) is 0 Å². The SMILES string of the molecule is CC1(C)OC(=O)c2cc(-c3ccc(C[C@@H](C#N)NC(=O)[C@H]4N[C@@H]5CC[C@H]4C5)c(F)c3)ccc21. The van der Waals surface area contributed by atoms with E-state index < -0.39 is 17.5 Å². The van der Waals surface area contributed by atoms with E-state index in [1.165, 1.54) is 6.07 Å². The van der Waals surface area contributed by atoms with Crippen LogP contribution in [0.4, 0.5) is 4.39 Å². The van der Waals surface area contributed by atoms with Crippen LogP contribution in [-0.2, 0) is 21.6 Å². The molecule has 1 saturated heterocycles. The topological polar surface area (TPSA) is 91.2 Å². The molecule has 3 aliphatic rings. The second-order valence-electron chi connectivity index (χ2n) is 9.78.